The Morgan fingerprint density at radius 2 is 1.65 bits per heavy atom. The predicted octanol–water partition coefficient (Wildman–Crippen LogP) is 3.47. The number of carbonyl (C=O) groups excluding carboxylic acids is 1. The largest absolute Gasteiger partial charge is 0.334 e. The molecule has 3 rings (SSSR count). The van der Waals surface area contributed by atoms with E-state index in [0.29, 0.717) is 6.54 Å². The summed E-state index contributed by atoms with van der Waals surface area (Å²) in [6.45, 7) is 0.411. The number of amides is 2. The molecule has 2 heterocycles. The van der Waals surface area contributed by atoms with Crippen molar-refractivity contribution >= 4 is 11.7 Å². The van der Waals surface area contributed by atoms with Crippen molar-refractivity contribution in [1.29, 1.82) is 0 Å². The lowest BCUT2D eigenvalue weighted by Crippen LogP contribution is -2.28. The molecule has 0 atom stereocenters. The smallest absolute Gasteiger partial charge is 0.319 e. The van der Waals surface area contributed by atoms with Crippen LogP contribution in [-0.4, -0.2) is 16.0 Å². The molecule has 0 saturated heterocycles. The molecule has 3 aromatic rings. The van der Waals surface area contributed by atoms with Crippen LogP contribution in [0.1, 0.15) is 5.56 Å². The monoisotopic (exact) mass is 304 g/mol. The normalized spacial score (nSPS) is 10.1. The van der Waals surface area contributed by atoms with Crippen molar-refractivity contribution in [3.8, 4) is 11.4 Å². The molecule has 0 bridgehead atoms. The highest BCUT2D eigenvalue weighted by Crippen LogP contribution is 2.13. The lowest BCUT2D eigenvalue weighted by Gasteiger charge is -2.08. The molecule has 1 aromatic carbocycles. The fourth-order valence-electron chi connectivity index (χ4n) is 2.07. The summed E-state index contributed by atoms with van der Waals surface area (Å²) in [6.07, 6.45) is 3.48. The number of nitrogens with zero attached hydrogens (tertiary/aromatic N) is 2. The minimum absolute atomic E-state index is 0.245. The van der Waals surface area contributed by atoms with Crippen molar-refractivity contribution in [3.05, 3.63) is 78.6 Å². The van der Waals surface area contributed by atoms with Crippen LogP contribution in [0.3, 0.4) is 0 Å². The number of aromatic nitrogens is 2. The van der Waals surface area contributed by atoms with Gasteiger partial charge in [-0.05, 0) is 35.9 Å². The summed E-state index contributed by atoms with van der Waals surface area (Å²) in [5.74, 6) is 0. The second-order valence-corrected chi connectivity index (χ2v) is 4.94. The Morgan fingerprint density at radius 3 is 2.35 bits per heavy atom. The number of anilines is 1. The SMILES string of the molecule is O=C(NCc1ccc(-c2ccccn2)nc1)Nc1ccccc1. The van der Waals surface area contributed by atoms with E-state index in [0.717, 1.165) is 22.6 Å². The molecule has 0 aliphatic heterocycles. The second kappa shape index (κ2) is 7.17. The molecule has 0 saturated carbocycles. The Labute approximate surface area is 134 Å². The van der Waals surface area contributed by atoms with Gasteiger partial charge in [-0.2, -0.15) is 0 Å². The van der Waals surface area contributed by atoms with Crippen molar-refractivity contribution in [2.75, 3.05) is 5.32 Å². The van der Waals surface area contributed by atoms with E-state index in [2.05, 4.69) is 20.6 Å². The first-order chi connectivity index (χ1) is 11.3. The Hall–Kier alpha value is -3.21. The van der Waals surface area contributed by atoms with Crippen LogP contribution >= 0.6 is 0 Å². The standard InChI is InChI=1S/C18H16N4O/c23-18(22-15-6-2-1-3-7-15)21-13-14-9-10-17(20-12-14)16-8-4-5-11-19-16/h1-12H,13H2,(H2,21,22,23). The third-order valence-corrected chi connectivity index (χ3v) is 3.24. The van der Waals surface area contributed by atoms with Gasteiger partial charge in [0.2, 0.25) is 0 Å². The highest BCUT2D eigenvalue weighted by Gasteiger charge is 2.03. The average Bonchev–Trinajstić information content (AvgIpc) is 2.62. The van der Waals surface area contributed by atoms with E-state index in [4.69, 9.17) is 0 Å². The molecule has 5 heteroatoms. The number of pyridine rings is 2. The quantitative estimate of drug-likeness (QED) is 0.775. The molecule has 0 aliphatic carbocycles. The van der Waals surface area contributed by atoms with Gasteiger partial charge >= 0.3 is 6.03 Å². The van der Waals surface area contributed by atoms with Crippen LogP contribution in [0, 0.1) is 0 Å². The summed E-state index contributed by atoms with van der Waals surface area (Å²) in [7, 11) is 0. The van der Waals surface area contributed by atoms with E-state index in [1.165, 1.54) is 0 Å². The van der Waals surface area contributed by atoms with Crippen LogP contribution in [-0.2, 0) is 6.54 Å². The predicted molar refractivity (Wildman–Crippen MR) is 89.8 cm³/mol. The number of para-hydroxylation sites is 1. The number of urea groups is 1. The molecule has 2 amide bonds. The summed E-state index contributed by atoms with van der Waals surface area (Å²) in [5, 5.41) is 5.57. The maximum Gasteiger partial charge on any atom is 0.319 e. The summed E-state index contributed by atoms with van der Waals surface area (Å²) < 4.78 is 0. The number of hydrogen-bond donors (Lipinski definition) is 2. The lowest BCUT2D eigenvalue weighted by molar-refractivity contribution is 0.251. The second-order valence-electron chi connectivity index (χ2n) is 4.94. The topological polar surface area (TPSA) is 66.9 Å². The Balaban J connectivity index is 1.55. The van der Waals surface area contributed by atoms with Crippen molar-refractivity contribution in [2.24, 2.45) is 0 Å². The fraction of sp³-hybridized carbons (Fsp3) is 0.0556. The molecule has 0 aliphatic rings. The van der Waals surface area contributed by atoms with Gasteiger partial charge in [-0.15, -0.1) is 0 Å². The van der Waals surface area contributed by atoms with E-state index < -0.39 is 0 Å². The molecular formula is C18H16N4O. The van der Waals surface area contributed by atoms with Gasteiger partial charge in [0.15, 0.2) is 0 Å². The molecule has 0 radical (unpaired) electrons. The van der Waals surface area contributed by atoms with Crippen LogP contribution in [0.4, 0.5) is 10.5 Å². The highest BCUT2D eigenvalue weighted by molar-refractivity contribution is 5.89. The fourth-order valence-corrected chi connectivity index (χ4v) is 2.07. The van der Waals surface area contributed by atoms with Crippen LogP contribution in [0.25, 0.3) is 11.4 Å². The van der Waals surface area contributed by atoms with Crippen molar-refractivity contribution in [2.45, 2.75) is 6.54 Å². The minimum atomic E-state index is -0.245. The van der Waals surface area contributed by atoms with Gasteiger partial charge in [0.05, 0.1) is 11.4 Å². The van der Waals surface area contributed by atoms with Crippen LogP contribution in [0.2, 0.25) is 0 Å². The Kier molecular flexibility index (Phi) is 4.59. The number of rotatable bonds is 4. The maximum atomic E-state index is 11.8. The Morgan fingerprint density at radius 1 is 0.870 bits per heavy atom. The molecule has 0 unspecified atom stereocenters. The lowest BCUT2D eigenvalue weighted by atomic mass is 10.2. The minimum Gasteiger partial charge on any atom is -0.334 e. The van der Waals surface area contributed by atoms with Crippen molar-refractivity contribution < 1.29 is 4.79 Å². The van der Waals surface area contributed by atoms with Crippen molar-refractivity contribution in [1.82, 2.24) is 15.3 Å². The number of carbonyl (C=O) groups is 1. The molecule has 23 heavy (non-hydrogen) atoms. The van der Waals surface area contributed by atoms with Gasteiger partial charge in [0.1, 0.15) is 0 Å². The molecule has 2 N–H and O–H groups in total. The zero-order valence-electron chi connectivity index (χ0n) is 12.4. The molecule has 0 spiro atoms. The third-order valence-electron chi connectivity index (χ3n) is 3.24. The van der Waals surface area contributed by atoms with Gasteiger partial charge in [0.25, 0.3) is 0 Å². The van der Waals surface area contributed by atoms with Gasteiger partial charge in [-0.25, -0.2) is 4.79 Å². The molecule has 5 nitrogen and oxygen atoms in total. The molecule has 0 fully saturated rings. The average molecular weight is 304 g/mol. The van der Waals surface area contributed by atoms with Crippen LogP contribution in [0.5, 0.6) is 0 Å². The van der Waals surface area contributed by atoms with Gasteiger partial charge in [-0.1, -0.05) is 30.3 Å². The van der Waals surface area contributed by atoms with E-state index in [-0.39, 0.29) is 6.03 Å². The first-order valence-corrected chi connectivity index (χ1v) is 7.27. The molecule has 2 aromatic heterocycles. The van der Waals surface area contributed by atoms with Crippen molar-refractivity contribution in [3.63, 3.8) is 0 Å². The van der Waals surface area contributed by atoms with Gasteiger partial charge < -0.3 is 10.6 Å². The zero-order chi connectivity index (χ0) is 15.9. The van der Waals surface area contributed by atoms with Crippen LogP contribution in [0.15, 0.2) is 73.1 Å². The first kappa shape index (κ1) is 14.7. The summed E-state index contributed by atoms with van der Waals surface area (Å²) in [6, 6.07) is 18.6. The summed E-state index contributed by atoms with van der Waals surface area (Å²) in [4.78, 5) is 20.5. The van der Waals surface area contributed by atoms with E-state index in [1.54, 1.807) is 12.4 Å². The first-order valence-electron chi connectivity index (χ1n) is 7.27. The highest BCUT2D eigenvalue weighted by atomic mass is 16.2. The maximum absolute atomic E-state index is 11.8. The summed E-state index contributed by atoms with van der Waals surface area (Å²) in [5.41, 5.74) is 3.32. The van der Waals surface area contributed by atoms with E-state index in [1.807, 2.05) is 60.7 Å². The number of benzene rings is 1. The van der Waals surface area contributed by atoms with Gasteiger partial charge in [-0.3, -0.25) is 9.97 Å². The van der Waals surface area contributed by atoms with Gasteiger partial charge in [0, 0.05) is 24.6 Å². The number of nitrogens with one attached hydrogen (secondary N) is 2. The third kappa shape index (κ3) is 4.14. The number of hydrogen-bond acceptors (Lipinski definition) is 3. The van der Waals surface area contributed by atoms with E-state index in [9.17, 15) is 4.79 Å². The zero-order valence-corrected chi connectivity index (χ0v) is 12.4. The van der Waals surface area contributed by atoms with Crippen LogP contribution < -0.4 is 10.6 Å². The van der Waals surface area contributed by atoms with E-state index >= 15 is 0 Å². The summed E-state index contributed by atoms with van der Waals surface area (Å²) >= 11 is 0. The Bertz CT molecular complexity index is 758. The molecular weight excluding hydrogens is 288 g/mol. The molecule has 114 valence electrons.